The van der Waals surface area contributed by atoms with Gasteiger partial charge in [0.1, 0.15) is 5.69 Å². The van der Waals surface area contributed by atoms with Crippen LogP contribution in [0.25, 0.3) is 50.1 Å². The molecule has 1 aliphatic heterocycles. The second-order valence-electron chi connectivity index (χ2n) is 9.48. The zero-order valence-corrected chi connectivity index (χ0v) is 19.9. The average Bonchev–Trinajstić information content (AvgIpc) is 3.70. The summed E-state index contributed by atoms with van der Waals surface area (Å²) in [5.74, 6) is 0. The molecule has 0 unspecified atom stereocenters. The molecule has 0 bridgehead atoms. The first-order valence-electron chi connectivity index (χ1n) is 12.2. The molecule has 7 rings (SSSR count). The summed E-state index contributed by atoms with van der Waals surface area (Å²) < 4.78 is 1.99. The second-order valence-corrected chi connectivity index (χ2v) is 9.48. The van der Waals surface area contributed by atoms with Gasteiger partial charge in [0.15, 0.2) is 5.65 Å². The Morgan fingerprint density at radius 1 is 0.889 bits per heavy atom. The van der Waals surface area contributed by atoms with Gasteiger partial charge in [-0.15, -0.1) is 0 Å². The fourth-order valence-corrected chi connectivity index (χ4v) is 5.12. The van der Waals surface area contributed by atoms with E-state index in [1.54, 1.807) is 0 Å². The van der Waals surface area contributed by atoms with E-state index >= 15 is 0 Å². The fourth-order valence-electron chi connectivity index (χ4n) is 5.12. The molecule has 9 nitrogen and oxygen atoms in total. The molecule has 0 radical (unpaired) electrons. The van der Waals surface area contributed by atoms with Crippen LogP contribution in [0.15, 0.2) is 61.7 Å². The summed E-state index contributed by atoms with van der Waals surface area (Å²) in [5, 5.41) is 9.70. The van der Waals surface area contributed by atoms with Gasteiger partial charge in [0.05, 0.1) is 41.3 Å². The SMILES string of the molecule is Cc1cn(-c2cncc3[nH]c(-c4n[nH]c5ncc(-c6cncc(CN7CCCC7)c6)cc45)cc23)cn1. The van der Waals surface area contributed by atoms with E-state index in [9.17, 15) is 0 Å². The number of H-pyrrole nitrogens is 2. The van der Waals surface area contributed by atoms with E-state index in [1.165, 1.54) is 18.4 Å². The third-order valence-corrected chi connectivity index (χ3v) is 6.92. The Labute approximate surface area is 207 Å². The summed E-state index contributed by atoms with van der Waals surface area (Å²) in [6.45, 7) is 5.25. The number of nitrogens with zero attached hydrogens (tertiary/aromatic N) is 7. The quantitative estimate of drug-likeness (QED) is 0.376. The highest BCUT2D eigenvalue weighted by Crippen LogP contribution is 2.32. The number of imidazole rings is 1. The molecule has 1 fully saturated rings. The molecule has 9 heteroatoms. The van der Waals surface area contributed by atoms with Crippen molar-refractivity contribution in [3.63, 3.8) is 0 Å². The molecule has 1 aliphatic rings. The first-order valence-corrected chi connectivity index (χ1v) is 12.2. The van der Waals surface area contributed by atoms with Crippen LogP contribution in [-0.4, -0.2) is 57.7 Å². The predicted molar refractivity (Wildman–Crippen MR) is 139 cm³/mol. The van der Waals surface area contributed by atoms with Gasteiger partial charge < -0.3 is 9.55 Å². The number of pyridine rings is 3. The van der Waals surface area contributed by atoms with Crippen molar-refractivity contribution in [3.8, 4) is 28.2 Å². The number of nitrogens with one attached hydrogen (secondary N) is 2. The van der Waals surface area contributed by atoms with Gasteiger partial charge in [-0.1, -0.05) is 0 Å². The molecular weight excluding hydrogens is 450 g/mol. The third kappa shape index (κ3) is 3.64. The first kappa shape index (κ1) is 21.0. The first-order chi connectivity index (χ1) is 17.7. The molecule has 0 atom stereocenters. The largest absolute Gasteiger partial charge is 0.352 e. The van der Waals surface area contributed by atoms with Crippen LogP contribution in [0.5, 0.6) is 0 Å². The Bertz CT molecular complexity index is 1700. The number of rotatable bonds is 5. The molecule has 0 aromatic carbocycles. The van der Waals surface area contributed by atoms with Crippen LogP contribution in [0.1, 0.15) is 24.1 Å². The highest BCUT2D eigenvalue weighted by molar-refractivity contribution is 5.97. The molecule has 0 spiro atoms. The standard InChI is InChI=1S/C27H25N9/c1-17-14-36(16-31-17)25-13-29-12-24-21(25)8-23(32-24)26-22-7-20(11-30-27(22)34-33-26)19-6-18(9-28-10-19)15-35-4-2-3-5-35/h6-14,16,32H,2-5,15H2,1H3,(H,30,33,34). The lowest BCUT2D eigenvalue weighted by molar-refractivity contribution is 0.331. The molecule has 2 N–H and O–H groups in total. The maximum absolute atomic E-state index is 4.66. The lowest BCUT2D eigenvalue weighted by atomic mass is 10.1. The van der Waals surface area contributed by atoms with Crippen molar-refractivity contribution in [1.82, 2.24) is 44.6 Å². The van der Waals surface area contributed by atoms with Crippen molar-refractivity contribution in [2.75, 3.05) is 13.1 Å². The highest BCUT2D eigenvalue weighted by atomic mass is 15.2. The topological polar surface area (TPSA) is 104 Å². The molecular formula is C27H25N9. The van der Waals surface area contributed by atoms with Crippen molar-refractivity contribution in [2.24, 2.45) is 0 Å². The monoisotopic (exact) mass is 475 g/mol. The van der Waals surface area contributed by atoms with E-state index in [0.29, 0.717) is 0 Å². The molecule has 0 amide bonds. The summed E-state index contributed by atoms with van der Waals surface area (Å²) in [7, 11) is 0. The highest BCUT2D eigenvalue weighted by Gasteiger charge is 2.16. The summed E-state index contributed by atoms with van der Waals surface area (Å²) in [5.41, 5.74) is 8.65. The minimum Gasteiger partial charge on any atom is -0.352 e. The molecule has 0 aliphatic carbocycles. The Morgan fingerprint density at radius 2 is 1.75 bits per heavy atom. The van der Waals surface area contributed by atoms with Crippen LogP contribution in [0.3, 0.4) is 0 Å². The zero-order valence-electron chi connectivity index (χ0n) is 19.9. The Hall–Kier alpha value is -4.37. The molecule has 0 saturated carbocycles. The molecule has 36 heavy (non-hydrogen) atoms. The minimum absolute atomic E-state index is 0.747. The van der Waals surface area contributed by atoms with E-state index in [0.717, 1.165) is 75.5 Å². The van der Waals surface area contributed by atoms with E-state index in [2.05, 4.69) is 58.2 Å². The summed E-state index contributed by atoms with van der Waals surface area (Å²) in [6, 6.07) is 6.48. The minimum atomic E-state index is 0.747. The number of aromatic amines is 2. The van der Waals surface area contributed by atoms with Gasteiger partial charge in [-0.05, 0) is 56.6 Å². The summed E-state index contributed by atoms with van der Waals surface area (Å²) in [4.78, 5) is 23.9. The maximum atomic E-state index is 4.66. The van der Waals surface area contributed by atoms with Gasteiger partial charge in [-0.2, -0.15) is 5.10 Å². The second kappa shape index (κ2) is 8.39. The van der Waals surface area contributed by atoms with E-state index in [4.69, 9.17) is 0 Å². The number of aryl methyl sites for hydroxylation is 1. The van der Waals surface area contributed by atoms with Gasteiger partial charge in [-0.3, -0.25) is 20.0 Å². The van der Waals surface area contributed by atoms with Crippen molar-refractivity contribution in [1.29, 1.82) is 0 Å². The van der Waals surface area contributed by atoms with E-state index < -0.39 is 0 Å². The van der Waals surface area contributed by atoms with Gasteiger partial charge in [0.25, 0.3) is 0 Å². The summed E-state index contributed by atoms with van der Waals surface area (Å²) in [6.07, 6.45) is 15.8. The Balaban J connectivity index is 1.28. The average molecular weight is 476 g/mol. The Morgan fingerprint density at radius 3 is 2.61 bits per heavy atom. The molecule has 7 heterocycles. The molecule has 6 aromatic rings. The van der Waals surface area contributed by atoms with Crippen molar-refractivity contribution < 1.29 is 0 Å². The normalized spacial score (nSPS) is 14.4. The van der Waals surface area contributed by atoms with Gasteiger partial charge in [0, 0.05) is 53.2 Å². The van der Waals surface area contributed by atoms with Crippen molar-refractivity contribution in [3.05, 3.63) is 73.0 Å². The predicted octanol–water partition coefficient (Wildman–Crippen LogP) is 4.65. The van der Waals surface area contributed by atoms with Gasteiger partial charge in [0.2, 0.25) is 0 Å². The van der Waals surface area contributed by atoms with Crippen molar-refractivity contribution >= 4 is 21.9 Å². The van der Waals surface area contributed by atoms with Gasteiger partial charge in [-0.25, -0.2) is 9.97 Å². The van der Waals surface area contributed by atoms with Crippen LogP contribution in [0.4, 0.5) is 0 Å². The van der Waals surface area contributed by atoms with Gasteiger partial charge >= 0.3 is 0 Å². The summed E-state index contributed by atoms with van der Waals surface area (Å²) >= 11 is 0. The smallest absolute Gasteiger partial charge is 0.155 e. The van der Waals surface area contributed by atoms with Crippen LogP contribution in [0.2, 0.25) is 0 Å². The van der Waals surface area contributed by atoms with E-state index in [-0.39, 0.29) is 0 Å². The number of fused-ring (bicyclic) bond motifs is 2. The lowest BCUT2D eigenvalue weighted by Crippen LogP contribution is -2.18. The number of hydrogen-bond acceptors (Lipinski definition) is 6. The lowest BCUT2D eigenvalue weighted by Gasteiger charge is -2.14. The number of likely N-dealkylation sites (tertiary alicyclic amines) is 1. The molecule has 178 valence electrons. The zero-order chi connectivity index (χ0) is 24.1. The fraction of sp³-hybridized carbons (Fsp3) is 0.222. The van der Waals surface area contributed by atoms with Crippen LogP contribution < -0.4 is 0 Å². The Kier molecular flexibility index (Phi) is 4.88. The van der Waals surface area contributed by atoms with E-state index in [1.807, 2.05) is 55.0 Å². The maximum Gasteiger partial charge on any atom is 0.155 e. The molecule has 1 saturated heterocycles. The van der Waals surface area contributed by atoms with Crippen LogP contribution >= 0.6 is 0 Å². The number of hydrogen-bond donors (Lipinski definition) is 2. The molecule has 6 aromatic heterocycles. The third-order valence-electron chi connectivity index (χ3n) is 6.92. The van der Waals surface area contributed by atoms with Crippen molar-refractivity contribution in [2.45, 2.75) is 26.3 Å². The van der Waals surface area contributed by atoms with Crippen LogP contribution in [0, 0.1) is 6.92 Å². The van der Waals surface area contributed by atoms with Crippen LogP contribution in [-0.2, 0) is 6.54 Å². The number of aromatic nitrogens is 8.